The van der Waals surface area contributed by atoms with Gasteiger partial charge in [-0.05, 0) is 24.3 Å². The number of hydrogen-bond acceptors (Lipinski definition) is 2. The Balaban J connectivity index is 2.37. The molecule has 0 bridgehead atoms. The highest BCUT2D eigenvalue weighted by molar-refractivity contribution is 6.10. The molecule has 0 atom stereocenters. The van der Waals surface area contributed by atoms with E-state index in [1.54, 1.807) is 0 Å². The number of nitrogens with zero attached hydrogens (tertiary/aromatic N) is 1. The number of nitrogens with one attached hydrogen (secondary N) is 1. The molecule has 84 valence electrons. The average Bonchev–Trinajstić information content (AvgIpc) is 2.75. The molecule has 4 heteroatoms. The van der Waals surface area contributed by atoms with Crippen LogP contribution in [0.5, 0.6) is 0 Å². The molecule has 0 radical (unpaired) electrons. The summed E-state index contributed by atoms with van der Waals surface area (Å²) in [6.45, 7) is 0. The lowest BCUT2D eigenvalue weighted by Gasteiger charge is -1.99. The third-order valence-corrected chi connectivity index (χ3v) is 2.94. The molecule has 17 heavy (non-hydrogen) atoms. The number of H-pyrrole nitrogens is 1. The van der Waals surface area contributed by atoms with E-state index in [1.165, 1.54) is 5.39 Å². The molecular formula is C13H12N4. The van der Waals surface area contributed by atoms with Crippen molar-refractivity contribution < 1.29 is 0 Å². The number of benzene rings is 2. The maximum Gasteiger partial charge on any atom is 0.150 e. The Hall–Kier alpha value is -2.49. The van der Waals surface area contributed by atoms with Crippen molar-refractivity contribution in [3.05, 3.63) is 48.0 Å². The molecule has 0 aliphatic heterocycles. The first kappa shape index (κ1) is 9.72. The van der Waals surface area contributed by atoms with Crippen LogP contribution >= 0.6 is 0 Å². The summed E-state index contributed by atoms with van der Waals surface area (Å²) in [6.07, 6.45) is 0. The monoisotopic (exact) mass is 224 g/mol. The zero-order chi connectivity index (χ0) is 11.8. The van der Waals surface area contributed by atoms with E-state index in [0.717, 1.165) is 22.0 Å². The van der Waals surface area contributed by atoms with Gasteiger partial charge in [0.2, 0.25) is 0 Å². The van der Waals surface area contributed by atoms with Crippen LogP contribution < -0.4 is 11.6 Å². The lowest BCUT2D eigenvalue weighted by molar-refractivity contribution is 1.23. The molecule has 0 aliphatic carbocycles. The fourth-order valence-corrected chi connectivity index (χ4v) is 2.08. The zero-order valence-corrected chi connectivity index (χ0v) is 9.14. The molecule has 1 heterocycles. The molecule has 0 unspecified atom stereocenters. The minimum atomic E-state index is 0.345. The van der Waals surface area contributed by atoms with E-state index in [2.05, 4.69) is 22.2 Å². The van der Waals surface area contributed by atoms with Gasteiger partial charge in [0.15, 0.2) is 0 Å². The van der Waals surface area contributed by atoms with Gasteiger partial charge >= 0.3 is 0 Å². The quantitative estimate of drug-likeness (QED) is 0.255. The first-order valence-electron chi connectivity index (χ1n) is 5.34. The number of aromatic nitrogens is 1. The van der Waals surface area contributed by atoms with Crippen LogP contribution in [0, 0.1) is 0 Å². The molecule has 0 spiro atoms. The SMILES string of the molecule is N/N=C(\N)c1ccc2[nH]c3ccccc3c2c1. The van der Waals surface area contributed by atoms with E-state index in [0.29, 0.717) is 5.84 Å². The third kappa shape index (κ3) is 1.42. The first-order valence-corrected chi connectivity index (χ1v) is 5.34. The van der Waals surface area contributed by atoms with Crippen molar-refractivity contribution in [2.45, 2.75) is 0 Å². The van der Waals surface area contributed by atoms with Gasteiger partial charge in [-0.1, -0.05) is 18.2 Å². The fraction of sp³-hybridized carbons (Fsp3) is 0. The Bertz CT molecular complexity index is 724. The van der Waals surface area contributed by atoms with E-state index in [4.69, 9.17) is 11.6 Å². The molecule has 1 aromatic heterocycles. The maximum absolute atomic E-state index is 5.71. The van der Waals surface area contributed by atoms with Crippen LogP contribution in [0.15, 0.2) is 47.6 Å². The Morgan fingerprint density at radius 3 is 2.59 bits per heavy atom. The van der Waals surface area contributed by atoms with Crippen LogP contribution in [0.2, 0.25) is 0 Å². The summed E-state index contributed by atoms with van der Waals surface area (Å²) in [5.74, 6) is 5.54. The standard InChI is InChI=1S/C13H12N4/c14-13(17-15)8-5-6-12-10(7-8)9-3-1-2-4-11(9)16-12/h1-7,16H,15H2,(H2,14,17). The fourth-order valence-electron chi connectivity index (χ4n) is 2.08. The Kier molecular flexibility index (Phi) is 2.01. The normalized spacial score (nSPS) is 12.4. The van der Waals surface area contributed by atoms with E-state index < -0.39 is 0 Å². The molecule has 5 N–H and O–H groups in total. The van der Waals surface area contributed by atoms with Crippen LogP contribution in [0.1, 0.15) is 5.56 Å². The summed E-state index contributed by atoms with van der Waals surface area (Å²) in [7, 11) is 0. The molecule has 0 fully saturated rings. The number of hydrazone groups is 1. The summed E-state index contributed by atoms with van der Waals surface area (Å²) < 4.78 is 0. The van der Waals surface area contributed by atoms with Crippen LogP contribution in [-0.2, 0) is 0 Å². The van der Waals surface area contributed by atoms with Crippen LogP contribution in [-0.4, -0.2) is 10.8 Å². The van der Waals surface area contributed by atoms with Crippen LogP contribution in [0.4, 0.5) is 0 Å². The molecule has 0 saturated carbocycles. The van der Waals surface area contributed by atoms with Crippen LogP contribution in [0.3, 0.4) is 0 Å². The number of aromatic amines is 1. The van der Waals surface area contributed by atoms with Gasteiger partial charge < -0.3 is 16.6 Å². The third-order valence-electron chi connectivity index (χ3n) is 2.94. The van der Waals surface area contributed by atoms with Crippen molar-refractivity contribution in [3.63, 3.8) is 0 Å². The summed E-state index contributed by atoms with van der Waals surface area (Å²) in [6, 6.07) is 14.0. The van der Waals surface area contributed by atoms with Crippen molar-refractivity contribution in [3.8, 4) is 0 Å². The van der Waals surface area contributed by atoms with Gasteiger partial charge in [0.25, 0.3) is 0 Å². The van der Waals surface area contributed by atoms with Crippen molar-refractivity contribution in [1.29, 1.82) is 0 Å². The number of rotatable bonds is 1. The lowest BCUT2D eigenvalue weighted by atomic mass is 10.1. The Morgan fingerprint density at radius 1 is 1.00 bits per heavy atom. The lowest BCUT2D eigenvalue weighted by Crippen LogP contribution is -2.15. The predicted molar refractivity (Wildman–Crippen MR) is 70.7 cm³/mol. The Morgan fingerprint density at radius 2 is 1.76 bits per heavy atom. The van der Waals surface area contributed by atoms with Gasteiger partial charge in [0.1, 0.15) is 5.84 Å². The summed E-state index contributed by atoms with van der Waals surface area (Å²) in [5.41, 5.74) is 8.75. The molecule has 3 aromatic rings. The van der Waals surface area contributed by atoms with Gasteiger partial charge in [-0.3, -0.25) is 0 Å². The van der Waals surface area contributed by atoms with E-state index >= 15 is 0 Å². The zero-order valence-electron chi connectivity index (χ0n) is 9.14. The Labute approximate surface area is 97.9 Å². The number of hydrogen-bond donors (Lipinski definition) is 3. The van der Waals surface area contributed by atoms with E-state index in [9.17, 15) is 0 Å². The molecule has 0 amide bonds. The molecular weight excluding hydrogens is 212 g/mol. The van der Waals surface area contributed by atoms with Crippen molar-refractivity contribution in [1.82, 2.24) is 4.98 Å². The first-order chi connectivity index (χ1) is 8.29. The van der Waals surface area contributed by atoms with Gasteiger partial charge in [-0.2, -0.15) is 5.10 Å². The number of nitrogens with two attached hydrogens (primary N) is 2. The molecule has 0 saturated heterocycles. The molecule has 2 aromatic carbocycles. The van der Waals surface area contributed by atoms with E-state index in [1.807, 2.05) is 30.3 Å². The summed E-state index contributed by atoms with van der Waals surface area (Å²) in [5, 5.41) is 5.82. The highest BCUT2D eigenvalue weighted by Crippen LogP contribution is 2.25. The number of para-hydroxylation sites is 1. The van der Waals surface area contributed by atoms with Gasteiger partial charge in [-0.25, -0.2) is 0 Å². The highest BCUT2D eigenvalue weighted by Gasteiger charge is 2.05. The second-order valence-electron chi connectivity index (χ2n) is 3.95. The highest BCUT2D eigenvalue weighted by atomic mass is 15.1. The summed E-state index contributed by atoms with van der Waals surface area (Å²) >= 11 is 0. The number of amidine groups is 1. The number of fused-ring (bicyclic) bond motifs is 3. The smallest absolute Gasteiger partial charge is 0.150 e. The molecule has 0 aliphatic rings. The van der Waals surface area contributed by atoms with Crippen LogP contribution in [0.25, 0.3) is 21.8 Å². The second kappa shape index (κ2) is 3.52. The van der Waals surface area contributed by atoms with Gasteiger partial charge in [0.05, 0.1) is 0 Å². The van der Waals surface area contributed by atoms with Gasteiger partial charge in [0, 0.05) is 27.4 Å². The molecule has 4 nitrogen and oxygen atoms in total. The molecule has 3 rings (SSSR count). The van der Waals surface area contributed by atoms with Crippen molar-refractivity contribution in [2.75, 3.05) is 0 Å². The van der Waals surface area contributed by atoms with Crippen molar-refractivity contribution >= 4 is 27.6 Å². The average molecular weight is 224 g/mol. The summed E-state index contributed by atoms with van der Waals surface area (Å²) in [4.78, 5) is 3.35. The minimum absolute atomic E-state index is 0.345. The minimum Gasteiger partial charge on any atom is -0.382 e. The van der Waals surface area contributed by atoms with Gasteiger partial charge in [-0.15, -0.1) is 0 Å². The van der Waals surface area contributed by atoms with E-state index in [-0.39, 0.29) is 0 Å². The topological polar surface area (TPSA) is 80.2 Å². The predicted octanol–water partition coefficient (Wildman–Crippen LogP) is 1.90. The van der Waals surface area contributed by atoms with Crippen molar-refractivity contribution in [2.24, 2.45) is 16.7 Å². The maximum atomic E-state index is 5.71. The second-order valence-corrected chi connectivity index (χ2v) is 3.95. The largest absolute Gasteiger partial charge is 0.382 e.